The zero-order valence-electron chi connectivity index (χ0n) is 17.6. The van der Waals surface area contributed by atoms with Gasteiger partial charge in [-0.2, -0.15) is 0 Å². The van der Waals surface area contributed by atoms with Gasteiger partial charge in [0, 0.05) is 24.3 Å². The van der Waals surface area contributed by atoms with Crippen molar-refractivity contribution in [1.29, 1.82) is 0 Å². The van der Waals surface area contributed by atoms with Crippen molar-refractivity contribution < 1.29 is 22.4 Å². The number of nitrogens with zero attached hydrogens (tertiary/aromatic N) is 1. The monoisotopic (exact) mass is 467 g/mol. The fourth-order valence-electron chi connectivity index (χ4n) is 3.25. The van der Waals surface area contributed by atoms with Crippen LogP contribution in [0.3, 0.4) is 0 Å². The first-order chi connectivity index (χ1) is 15.9. The molecule has 33 heavy (non-hydrogen) atoms. The molecule has 0 saturated carbocycles. The normalized spacial score (nSPS) is 11.3. The molecule has 0 aliphatic carbocycles. The predicted molar refractivity (Wildman–Crippen MR) is 124 cm³/mol. The molecule has 9 nitrogen and oxygen atoms in total. The SMILES string of the molecule is COc1ccc(NS(=O)(=O)c2ccc(NC(=O)CCn3c(=O)oc4ccccc43)cc2)cc1. The third-order valence-electron chi connectivity index (χ3n) is 4.93. The van der Waals surface area contributed by atoms with E-state index in [1.807, 2.05) is 0 Å². The van der Waals surface area contributed by atoms with E-state index in [4.69, 9.17) is 9.15 Å². The van der Waals surface area contributed by atoms with Gasteiger partial charge in [0.25, 0.3) is 10.0 Å². The van der Waals surface area contributed by atoms with Crippen molar-refractivity contribution in [1.82, 2.24) is 4.57 Å². The van der Waals surface area contributed by atoms with Crippen LogP contribution >= 0.6 is 0 Å². The molecule has 2 N–H and O–H groups in total. The molecule has 0 aliphatic heterocycles. The van der Waals surface area contributed by atoms with Crippen LogP contribution in [0.4, 0.5) is 11.4 Å². The van der Waals surface area contributed by atoms with Gasteiger partial charge in [0.1, 0.15) is 5.75 Å². The second-order valence-electron chi connectivity index (χ2n) is 7.14. The minimum atomic E-state index is -3.80. The molecule has 0 bridgehead atoms. The number of oxazole rings is 1. The van der Waals surface area contributed by atoms with Crippen molar-refractivity contribution in [3.05, 3.63) is 83.3 Å². The highest BCUT2D eigenvalue weighted by Gasteiger charge is 2.15. The third kappa shape index (κ3) is 5.07. The standard InChI is InChI=1S/C23H21N3O6S/c1-31-18-10-6-17(7-11-18)25-33(29,30)19-12-8-16(9-13-19)24-22(27)14-15-26-20-4-2-3-5-21(20)32-23(26)28/h2-13,25H,14-15H2,1H3,(H,24,27). The Morgan fingerprint density at radius 3 is 2.33 bits per heavy atom. The summed E-state index contributed by atoms with van der Waals surface area (Å²) in [6.07, 6.45) is 0.0442. The molecule has 0 spiro atoms. The number of anilines is 2. The first kappa shape index (κ1) is 22.2. The average Bonchev–Trinajstić information content (AvgIpc) is 3.13. The number of benzene rings is 3. The first-order valence-electron chi connectivity index (χ1n) is 10.0. The molecule has 4 rings (SSSR count). The Bertz CT molecular complexity index is 1440. The average molecular weight is 468 g/mol. The maximum atomic E-state index is 12.6. The predicted octanol–water partition coefficient (Wildman–Crippen LogP) is 3.43. The van der Waals surface area contributed by atoms with Gasteiger partial charge in [0.15, 0.2) is 5.58 Å². The van der Waals surface area contributed by atoms with Crippen molar-refractivity contribution in [3.8, 4) is 5.75 Å². The maximum absolute atomic E-state index is 12.6. The molecule has 10 heteroatoms. The van der Waals surface area contributed by atoms with E-state index in [9.17, 15) is 18.0 Å². The molecule has 0 aliphatic rings. The van der Waals surface area contributed by atoms with Crippen molar-refractivity contribution in [2.24, 2.45) is 0 Å². The van der Waals surface area contributed by atoms with Crippen molar-refractivity contribution in [2.45, 2.75) is 17.9 Å². The number of carbonyl (C=O) groups excluding carboxylic acids is 1. The number of hydrogen-bond donors (Lipinski definition) is 2. The van der Waals surface area contributed by atoms with Gasteiger partial charge in [-0.15, -0.1) is 0 Å². The number of aryl methyl sites for hydroxylation is 1. The summed E-state index contributed by atoms with van der Waals surface area (Å²) in [5.74, 6) is -0.231. The molecule has 1 heterocycles. The van der Waals surface area contributed by atoms with E-state index in [1.54, 1.807) is 48.5 Å². The Hall–Kier alpha value is -4.05. The summed E-state index contributed by atoms with van der Waals surface area (Å²) in [4.78, 5) is 24.4. The number of para-hydroxylation sites is 2. The number of sulfonamides is 1. The fraction of sp³-hybridized carbons (Fsp3) is 0.130. The number of fused-ring (bicyclic) bond motifs is 1. The lowest BCUT2D eigenvalue weighted by molar-refractivity contribution is -0.116. The van der Waals surface area contributed by atoms with Crippen LogP contribution in [-0.4, -0.2) is 26.0 Å². The number of amides is 1. The van der Waals surface area contributed by atoms with Gasteiger partial charge in [-0.25, -0.2) is 13.2 Å². The molecule has 1 amide bonds. The Morgan fingerprint density at radius 1 is 0.970 bits per heavy atom. The van der Waals surface area contributed by atoms with Gasteiger partial charge in [-0.3, -0.25) is 14.1 Å². The number of aromatic nitrogens is 1. The number of methoxy groups -OCH3 is 1. The van der Waals surface area contributed by atoms with Gasteiger partial charge in [-0.05, 0) is 60.7 Å². The number of carbonyl (C=O) groups is 1. The number of nitrogens with one attached hydrogen (secondary N) is 2. The molecular formula is C23H21N3O6S. The van der Waals surface area contributed by atoms with Crippen LogP contribution in [0.1, 0.15) is 6.42 Å². The summed E-state index contributed by atoms with van der Waals surface area (Å²) in [6, 6.07) is 19.3. The Morgan fingerprint density at radius 2 is 1.64 bits per heavy atom. The van der Waals surface area contributed by atoms with E-state index in [0.29, 0.717) is 28.2 Å². The van der Waals surface area contributed by atoms with Gasteiger partial charge in [-0.1, -0.05) is 12.1 Å². The van der Waals surface area contributed by atoms with E-state index in [1.165, 1.54) is 35.9 Å². The number of rotatable bonds is 8. The minimum absolute atomic E-state index is 0.0442. The first-order valence-corrected chi connectivity index (χ1v) is 11.5. The van der Waals surface area contributed by atoms with Crippen molar-refractivity contribution >= 4 is 38.4 Å². The summed E-state index contributed by atoms with van der Waals surface area (Å²) < 4.78 is 39.3. The summed E-state index contributed by atoms with van der Waals surface area (Å²) >= 11 is 0. The zero-order chi connectivity index (χ0) is 23.4. The van der Waals surface area contributed by atoms with Gasteiger partial charge in [0.05, 0.1) is 17.5 Å². The molecule has 4 aromatic rings. The summed E-state index contributed by atoms with van der Waals surface area (Å²) in [7, 11) is -2.27. The van der Waals surface area contributed by atoms with Crippen LogP contribution < -0.4 is 20.5 Å². The highest BCUT2D eigenvalue weighted by atomic mass is 32.2. The molecule has 0 unspecified atom stereocenters. The van der Waals surface area contributed by atoms with Crippen molar-refractivity contribution in [2.75, 3.05) is 17.1 Å². The minimum Gasteiger partial charge on any atom is -0.497 e. The summed E-state index contributed by atoms with van der Waals surface area (Å²) in [6.45, 7) is 0.153. The summed E-state index contributed by atoms with van der Waals surface area (Å²) in [5, 5.41) is 2.70. The second-order valence-corrected chi connectivity index (χ2v) is 8.83. The highest BCUT2D eigenvalue weighted by molar-refractivity contribution is 7.92. The Labute approximate surface area is 189 Å². The lowest BCUT2D eigenvalue weighted by Crippen LogP contribution is -2.20. The molecule has 0 fully saturated rings. The molecule has 0 saturated heterocycles. The van der Waals surface area contributed by atoms with E-state index in [0.717, 1.165) is 0 Å². The van der Waals surface area contributed by atoms with E-state index < -0.39 is 15.8 Å². The van der Waals surface area contributed by atoms with Gasteiger partial charge >= 0.3 is 5.76 Å². The second kappa shape index (κ2) is 9.21. The molecule has 0 atom stereocenters. The Balaban J connectivity index is 1.37. The molecular weight excluding hydrogens is 446 g/mol. The maximum Gasteiger partial charge on any atom is 0.419 e. The Kier molecular flexibility index (Phi) is 6.18. The summed E-state index contributed by atoms with van der Waals surface area (Å²) in [5.41, 5.74) is 1.92. The molecule has 3 aromatic carbocycles. The third-order valence-corrected chi connectivity index (χ3v) is 6.32. The molecule has 0 radical (unpaired) electrons. The largest absolute Gasteiger partial charge is 0.497 e. The lowest BCUT2D eigenvalue weighted by Gasteiger charge is -2.10. The quantitative estimate of drug-likeness (QED) is 0.410. The van der Waals surface area contributed by atoms with Crippen LogP contribution in [0.5, 0.6) is 5.75 Å². The van der Waals surface area contributed by atoms with Crippen LogP contribution in [0, 0.1) is 0 Å². The fourth-order valence-corrected chi connectivity index (χ4v) is 4.31. The van der Waals surface area contributed by atoms with Crippen LogP contribution in [0.25, 0.3) is 11.1 Å². The molecule has 1 aromatic heterocycles. The van der Waals surface area contributed by atoms with Crippen molar-refractivity contribution in [3.63, 3.8) is 0 Å². The lowest BCUT2D eigenvalue weighted by atomic mass is 10.3. The van der Waals surface area contributed by atoms with Crippen LogP contribution in [0.15, 0.2) is 86.9 Å². The van der Waals surface area contributed by atoms with E-state index in [-0.39, 0.29) is 23.8 Å². The zero-order valence-corrected chi connectivity index (χ0v) is 18.5. The number of hydrogen-bond acceptors (Lipinski definition) is 6. The van der Waals surface area contributed by atoms with Gasteiger partial charge < -0.3 is 14.5 Å². The highest BCUT2D eigenvalue weighted by Crippen LogP contribution is 2.21. The topological polar surface area (TPSA) is 120 Å². The number of ether oxygens (including phenoxy) is 1. The van der Waals surface area contributed by atoms with Crippen LogP contribution in [-0.2, 0) is 21.4 Å². The van der Waals surface area contributed by atoms with Crippen LogP contribution in [0.2, 0.25) is 0 Å². The van der Waals surface area contributed by atoms with E-state index >= 15 is 0 Å². The smallest absolute Gasteiger partial charge is 0.419 e. The van der Waals surface area contributed by atoms with Gasteiger partial charge in [0.2, 0.25) is 5.91 Å². The molecule has 170 valence electrons. The van der Waals surface area contributed by atoms with E-state index in [2.05, 4.69) is 10.0 Å².